The van der Waals surface area contributed by atoms with E-state index in [-0.39, 0.29) is 0 Å². The van der Waals surface area contributed by atoms with Crippen LogP contribution in [0, 0.1) is 13.8 Å². The molecule has 0 amide bonds. The zero-order valence-corrected chi connectivity index (χ0v) is 12.6. The third-order valence-corrected chi connectivity index (χ3v) is 3.76. The van der Waals surface area contributed by atoms with E-state index in [0.717, 1.165) is 67.8 Å². The maximum Gasteiger partial charge on any atom is 0.125 e. The van der Waals surface area contributed by atoms with E-state index < -0.39 is 0 Å². The number of benzene rings is 1. The van der Waals surface area contributed by atoms with Gasteiger partial charge in [-0.2, -0.15) is 0 Å². The van der Waals surface area contributed by atoms with E-state index in [2.05, 4.69) is 0 Å². The average Bonchev–Trinajstić information content (AvgIpc) is 2.38. The topological polar surface area (TPSA) is 22.9 Å². The monoisotopic (exact) mass is 284 g/mol. The zero-order valence-electron chi connectivity index (χ0n) is 11.8. The van der Waals surface area contributed by atoms with Crippen LogP contribution >= 0.6 is 11.6 Å². The Morgan fingerprint density at radius 1 is 1.21 bits per heavy atom. The Balaban J connectivity index is 1.76. The van der Waals surface area contributed by atoms with E-state index in [1.807, 2.05) is 26.0 Å². The third kappa shape index (κ3) is 4.37. The number of morpholine rings is 1. The van der Waals surface area contributed by atoms with Gasteiger partial charge in [0.1, 0.15) is 18.8 Å². The molecule has 0 atom stereocenters. The molecule has 2 rings (SSSR count). The second-order valence-corrected chi connectivity index (χ2v) is 5.62. The molecule has 0 saturated carbocycles. The van der Waals surface area contributed by atoms with Gasteiger partial charge < -0.3 is 14.4 Å². The predicted molar refractivity (Wildman–Crippen MR) is 77.4 cm³/mol. The Hall–Kier alpha value is -0.770. The molecule has 0 aliphatic carbocycles. The van der Waals surface area contributed by atoms with Gasteiger partial charge in [-0.25, -0.2) is 0 Å². The number of hydrogen-bond acceptors (Lipinski definition) is 2. The van der Waals surface area contributed by atoms with Crippen LogP contribution in [0.1, 0.15) is 17.5 Å². The van der Waals surface area contributed by atoms with Crippen LogP contribution < -0.4 is 9.64 Å². The van der Waals surface area contributed by atoms with Crippen LogP contribution in [0.4, 0.5) is 0 Å². The van der Waals surface area contributed by atoms with Crippen molar-refractivity contribution < 1.29 is 14.4 Å². The van der Waals surface area contributed by atoms with E-state index in [1.54, 1.807) is 4.90 Å². The first-order valence-corrected chi connectivity index (χ1v) is 7.35. The fourth-order valence-electron chi connectivity index (χ4n) is 2.53. The summed E-state index contributed by atoms with van der Waals surface area (Å²) in [5, 5.41) is 0.778. The van der Waals surface area contributed by atoms with Crippen molar-refractivity contribution in [3.05, 3.63) is 28.3 Å². The first-order chi connectivity index (χ1) is 9.16. The molecule has 1 saturated heterocycles. The standard InChI is InChI=1S/C15H22ClNO2/c1-12-10-14(16)11-13(2)15(12)19-7-3-4-17-5-8-18-9-6-17/h10-11H,3-9H2,1-2H3/p+1. The van der Waals surface area contributed by atoms with E-state index in [9.17, 15) is 0 Å². The molecule has 1 N–H and O–H groups in total. The lowest BCUT2D eigenvalue weighted by molar-refractivity contribution is -0.908. The molecule has 4 heteroatoms. The lowest BCUT2D eigenvalue weighted by Gasteiger charge is -2.23. The van der Waals surface area contributed by atoms with Gasteiger partial charge in [0, 0.05) is 11.4 Å². The number of nitrogens with one attached hydrogen (secondary N) is 1. The molecule has 1 aliphatic heterocycles. The summed E-state index contributed by atoms with van der Waals surface area (Å²) in [6.45, 7) is 10.1. The Labute approximate surface area is 120 Å². The molecule has 0 aromatic heterocycles. The van der Waals surface area contributed by atoms with Gasteiger partial charge in [0.15, 0.2) is 0 Å². The maximum atomic E-state index is 6.01. The van der Waals surface area contributed by atoms with Gasteiger partial charge in [-0.15, -0.1) is 0 Å². The van der Waals surface area contributed by atoms with Crippen LogP contribution in [0.2, 0.25) is 5.02 Å². The van der Waals surface area contributed by atoms with Crippen LogP contribution in [-0.4, -0.2) is 39.5 Å². The van der Waals surface area contributed by atoms with Crippen molar-refractivity contribution in [2.24, 2.45) is 0 Å². The molecular formula is C15H23ClNO2+. The van der Waals surface area contributed by atoms with Gasteiger partial charge in [0.25, 0.3) is 0 Å². The van der Waals surface area contributed by atoms with E-state index in [0.29, 0.717) is 0 Å². The van der Waals surface area contributed by atoms with Crippen molar-refractivity contribution in [3.63, 3.8) is 0 Å². The Kier molecular flexibility index (Phi) is 5.49. The fraction of sp³-hybridized carbons (Fsp3) is 0.600. The lowest BCUT2D eigenvalue weighted by atomic mass is 10.1. The summed E-state index contributed by atoms with van der Waals surface area (Å²) in [7, 11) is 0. The van der Waals surface area contributed by atoms with Gasteiger partial charge in [0.2, 0.25) is 0 Å². The van der Waals surface area contributed by atoms with E-state index in [4.69, 9.17) is 21.1 Å². The quantitative estimate of drug-likeness (QED) is 0.831. The molecule has 1 aromatic rings. The van der Waals surface area contributed by atoms with Crippen molar-refractivity contribution in [2.45, 2.75) is 20.3 Å². The van der Waals surface area contributed by atoms with Gasteiger partial charge in [-0.05, 0) is 37.1 Å². The van der Waals surface area contributed by atoms with Crippen LogP contribution in [0.5, 0.6) is 5.75 Å². The Bertz CT molecular complexity index is 394. The van der Waals surface area contributed by atoms with Crippen molar-refractivity contribution in [2.75, 3.05) is 39.5 Å². The first kappa shape index (κ1) is 14.6. The number of quaternary nitrogens is 1. The van der Waals surface area contributed by atoms with Crippen molar-refractivity contribution in [3.8, 4) is 5.75 Å². The largest absolute Gasteiger partial charge is 0.493 e. The number of aryl methyl sites for hydroxylation is 2. The lowest BCUT2D eigenvalue weighted by Crippen LogP contribution is -3.14. The van der Waals surface area contributed by atoms with Gasteiger partial charge in [0.05, 0.1) is 26.4 Å². The minimum absolute atomic E-state index is 0.771. The smallest absolute Gasteiger partial charge is 0.125 e. The van der Waals surface area contributed by atoms with Crippen LogP contribution in [0.15, 0.2) is 12.1 Å². The summed E-state index contributed by atoms with van der Waals surface area (Å²) < 4.78 is 11.3. The minimum Gasteiger partial charge on any atom is -0.493 e. The highest BCUT2D eigenvalue weighted by atomic mass is 35.5. The fourth-order valence-corrected chi connectivity index (χ4v) is 2.86. The number of ether oxygens (including phenoxy) is 2. The zero-order chi connectivity index (χ0) is 13.7. The van der Waals surface area contributed by atoms with E-state index >= 15 is 0 Å². The minimum atomic E-state index is 0.771. The highest BCUT2D eigenvalue weighted by Crippen LogP contribution is 2.26. The molecule has 0 radical (unpaired) electrons. The Morgan fingerprint density at radius 3 is 2.47 bits per heavy atom. The third-order valence-electron chi connectivity index (χ3n) is 3.55. The van der Waals surface area contributed by atoms with Gasteiger partial charge >= 0.3 is 0 Å². The number of hydrogen-bond donors (Lipinski definition) is 1. The van der Waals surface area contributed by atoms with Crippen LogP contribution in [0.25, 0.3) is 0 Å². The number of rotatable bonds is 5. The maximum absolute atomic E-state index is 6.01. The average molecular weight is 285 g/mol. The molecule has 1 heterocycles. The molecule has 0 bridgehead atoms. The van der Waals surface area contributed by atoms with Crippen molar-refractivity contribution in [1.29, 1.82) is 0 Å². The molecule has 19 heavy (non-hydrogen) atoms. The summed E-state index contributed by atoms with van der Waals surface area (Å²) in [6, 6.07) is 3.91. The second kappa shape index (κ2) is 7.13. The first-order valence-electron chi connectivity index (χ1n) is 6.97. The highest BCUT2D eigenvalue weighted by molar-refractivity contribution is 6.30. The molecule has 0 unspecified atom stereocenters. The summed E-state index contributed by atoms with van der Waals surface area (Å²) in [4.78, 5) is 1.62. The summed E-state index contributed by atoms with van der Waals surface area (Å²) in [5.74, 6) is 0.987. The van der Waals surface area contributed by atoms with Crippen molar-refractivity contribution in [1.82, 2.24) is 0 Å². The van der Waals surface area contributed by atoms with Crippen molar-refractivity contribution >= 4 is 11.6 Å². The molecule has 3 nitrogen and oxygen atoms in total. The molecule has 1 fully saturated rings. The number of halogens is 1. The normalized spacial score (nSPS) is 16.6. The summed E-state index contributed by atoms with van der Waals surface area (Å²) in [5.41, 5.74) is 2.23. The molecule has 1 aliphatic rings. The van der Waals surface area contributed by atoms with Crippen LogP contribution in [0.3, 0.4) is 0 Å². The molecule has 106 valence electrons. The molecule has 0 spiro atoms. The Morgan fingerprint density at radius 2 is 1.84 bits per heavy atom. The molecular weight excluding hydrogens is 262 g/mol. The van der Waals surface area contributed by atoms with Crippen LogP contribution in [-0.2, 0) is 4.74 Å². The second-order valence-electron chi connectivity index (χ2n) is 5.18. The predicted octanol–water partition coefficient (Wildman–Crippen LogP) is 1.64. The van der Waals surface area contributed by atoms with Gasteiger partial charge in [-0.3, -0.25) is 0 Å². The SMILES string of the molecule is Cc1cc(Cl)cc(C)c1OCCC[NH+]1CCOCC1. The summed E-state index contributed by atoms with van der Waals surface area (Å²) in [6.07, 6.45) is 1.08. The van der Waals surface area contributed by atoms with E-state index in [1.165, 1.54) is 0 Å². The highest BCUT2D eigenvalue weighted by Gasteiger charge is 2.13. The summed E-state index contributed by atoms with van der Waals surface area (Å²) >= 11 is 6.01. The van der Waals surface area contributed by atoms with Gasteiger partial charge in [-0.1, -0.05) is 11.6 Å². The molecule has 1 aromatic carbocycles.